The Labute approximate surface area is 217 Å². The van der Waals surface area contributed by atoms with Gasteiger partial charge in [-0.05, 0) is 36.8 Å². The first-order chi connectivity index (χ1) is 16.4. The van der Waals surface area contributed by atoms with E-state index < -0.39 is 7.92 Å². The minimum absolute atomic E-state index is 0. The van der Waals surface area contributed by atoms with E-state index in [-0.39, 0.29) is 21.1 Å². The molecule has 0 bridgehead atoms. The van der Waals surface area contributed by atoms with Crippen molar-refractivity contribution in [2.45, 2.75) is 6.42 Å². The predicted molar refractivity (Wildman–Crippen MR) is 142 cm³/mol. The summed E-state index contributed by atoms with van der Waals surface area (Å²) < 4.78 is 0. The summed E-state index contributed by atoms with van der Waals surface area (Å²) >= 11 is 0. The third-order valence-corrected chi connectivity index (χ3v) is 8.58. The first kappa shape index (κ1) is 24.3. The van der Waals surface area contributed by atoms with E-state index in [0.717, 1.165) is 35.0 Å². The van der Waals surface area contributed by atoms with E-state index in [1.54, 1.807) is 0 Å². The van der Waals surface area contributed by atoms with E-state index in [9.17, 15) is 0 Å². The zero-order valence-electron chi connectivity index (χ0n) is 18.7. The molecule has 0 spiro atoms. The normalized spacial score (nSPS) is 10.6. The molecule has 5 aromatic rings. The maximum atomic E-state index is 4.47. The summed E-state index contributed by atoms with van der Waals surface area (Å²) in [5, 5.41) is 2.92. The summed E-state index contributed by atoms with van der Waals surface area (Å²) in [6, 6.07) is 47.8. The van der Waals surface area contributed by atoms with Crippen LogP contribution in [0.1, 0.15) is 5.56 Å². The predicted octanol–water partition coefficient (Wildman–Crippen LogP) is 6.42. The molecule has 1 nitrogen and oxygen atoms in total. The van der Waals surface area contributed by atoms with Crippen LogP contribution in [0.2, 0.25) is 0 Å². The van der Waals surface area contributed by atoms with Gasteiger partial charge in [-0.25, -0.2) is 5.56 Å². The van der Waals surface area contributed by atoms with Gasteiger partial charge in [0.1, 0.15) is 0 Å². The Hall–Kier alpha value is -2.85. The van der Waals surface area contributed by atoms with Gasteiger partial charge in [-0.1, -0.05) is 48.5 Å². The molecule has 1 aromatic heterocycles. The summed E-state index contributed by atoms with van der Waals surface area (Å²) in [4.78, 5) is 4.47. The number of nitrogens with zero attached hydrogens (tertiary/aromatic N) is 1. The number of aromatic nitrogens is 1. The number of pyridine rings is 1. The second-order valence-corrected chi connectivity index (χ2v) is 10.6. The van der Waals surface area contributed by atoms with E-state index in [4.69, 9.17) is 0 Å². The van der Waals surface area contributed by atoms with Crippen molar-refractivity contribution < 1.29 is 21.1 Å². The molecule has 3 heteroatoms. The van der Waals surface area contributed by atoms with Gasteiger partial charge in [-0.15, -0.1) is 29.3 Å². The van der Waals surface area contributed by atoms with Crippen LogP contribution in [0.5, 0.6) is 0 Å². The largest absolute Gasteiger partial charge is 2.00 e. The molecule has 0 amide bonds. The molecule has 0 radical (unpaired) electrons. The van der Waals surface area contributed by atoms with Crippen molar-refractivity contribution >= 4 is 18.5 Å². The van der Waals surface area contributed by atoms with Gasteiger partial charge < -0.3 is 0 Å². The van der Waals surface area contributed by atoms with Crippen molar-refractivity contribution in [3.8, 4) is 22.4 Å². The Kier molecular flexibility index (Phi) is 8.59. The Balaban J connectivity index is 0.00000274. The fourth-order valence-electron chi connectivity index (χ4n) is 4.11. The quantitative estimate of drug-likeness (QED) is 0.148. The third-order valence-electron chi connectivity index (χ3n) is 5.77. The first-order valence-corrected chi connectivity index (χ1v) is 13.0. The topological polar surface area (TPSA) is 12.9 Å². The summed E-state index contributed by atoms with van der Waals surface area (Å²) in [5.41, 5.74) is 5.33. The van der Waals surface area contributed by atoms with Gasteiger partial charge in [0.05, 0.1) is 24.7 Å². The molecule has 0 N–H and O–H groups in total. The molecule has 168 valence electrons. The average Bonchev–Trinajstić information content (AvgIpc) is 2.91. The van der Waals surface area contributed by atoms with Crippen LogP contribution in [0.15, 0.2) is 121 Å². The van der Waals surface area contributed by atoms with Crippen LogP contribution in [0.4, 0.5) is 0 Å². The van der Waals surface area contributed by atoms with Crippen molar-refractivity contribution in [2.24, 2.45) is 0 Å². The molecule has 0 saturated carbocycles. The number of aryl methyl sites for hydroxylation is 1. The van der Waals surface area contributed by atoms with E-state index in [2.05, 4.69) is 114 Å². The number of benzene rings is 4. The van der Waals surface area contributed by atoms with Gasteiger partial charge in [-0.2, -0.15) is 35.9 Å². The monoisotopic (exact) mass is 637 g/mol. The summed E-state index contributed by atoms with van der Waals surface area (Å²) in [6.45, 7) is 0. The van der Waals surface area contributed by atoms with E-state index in [1.165, 1.54) is 16.2 Å². The molecule has 0 fully saturated rings. The summed E-state index contributed by atoms with van der Waals surface area (Å²) in [5.74, 6) is 0. The number of rotatable bonds is 7. The molecule has 0 aliphatic carbocycles. The molecule has 0 aliphatic heterocycles. The van der Waals surface area contributed by atoms with Gasteiger partial charge in [0.2, 0.25) is 0 Å². The number of hydrogen-bond acceptors (Lipinski definition) is 1. The van der Waals surface area contributed by atoms with E-state index in [1.807, 2.05) is 24.4 Å². The molecule has 0 aliphatic rings. The van der Waals surface area contributed by atoms with Crippen LogP contribution in [-0.2, 0) is 27.5 Å². The van der Waals surface area contributed by atoms with Gasteiger partial charge in [0, 0.05) is 11.9 Å². The van der Waals surface area contributed by atoms with Crippen LogP contribution >= 0.6 is 7.92 Å². The van der Waals surface area contributed by atoms with Crippen LogP contribution in [0.25, 0.3) is 22.4 Å². The van der Waals surface area contributed by atoms with Gasteiger partial charge >= 0.3 is 21.1 Å². The zero-order chi connectivity index (χ0) is 22.3. The van der Waals surface area contributed by atoms with Crippen LogP contribution in [0, 0.1) is 12.1 Å². The Morgan fingerprint density at radius 3 is 1.79 bits per heavy atom. The maximum Gasteiger partial charge on any atom is 2.00 e. The van der Waals surface area contributed by atoms with Crippen molar-refractivity contribution in [3.05, 3.63) is 139 Å². The van der Waals surface area contributed by atoms with Crippen LogP contribution in [-0.4, -0.2) is 11.1 Å². The Morgan fingerprint density at radius 2 is 1.15 bits per heavy atom. The van der Waals surface area contributed by atoms with Crippen LogP contribution in [0.3, 0.4) is 0 Å². The van der Waals surface area contributed by atoms with E-state index >= 15 is 0 Å². The second kappa shape index (κ2) is 12.0. The van der Waals surface area contributed by atoms with Gasteiger partial charge in [0.15, 0.2) is 0 Å². The third kappa shape index (κ3) is 5.98. The molecule has 4 aromatic carbocycles. The Morgan fingerprint density at radius 1 is 0.559 bits per heavy atom. The SMILES string of the molecule is [Pt+2].[c-]1c(CC[PH+](c2ccccc2)c2ccccc2)cccc1-c1[c-]c(-c2ccccn2)ccc1. The van der Waals surface area contributed by atoms with Crippen molar-refractivity contribution in [2.75, 3.05) is 6.16 Å². The standard InChI is InChI=1S/C31H24NP.Pt/c1-3-15-29(16-4-1)33(30-17-5-2-6-18-30)22-20-25-11-9-12-26(23-25)27-13-10-14-28(24-27)31-19-7-8-21-32-31;/h1-19,21H,20,22H2;/q-2;+2/p+1. The fourth-order valence-corrected chi connectivity index (χ4v) is 6.73. The summed E-state index contributed by atoms with van der Waals surface area (Å²) in [7, 11) is -0.852. The minimum Gasteiger partial charge on any atom is -0.295 e. The molecule has 34 heavy (non-hydrogen) atoms. The van der Waals surface area contributed by atoms with Gasteiger partial charge in [-0.3, -0.25) is 4.98 Å². The Bertz CT molecular complexity index is 1270. The molecule has 5 rings (SSSR count). The van der Waals surface area contributed by atoms with Crippen LogP contribution < -0.4 is 10.6 Å². The van der Waals surface area contributed by atoms with Gasteiger partial charge in [0.25, 0.3) is 0 Å². The molecular weight excluding hydrogens is 612 g/mol. The van der Waals surface area contributed by atoms with Crippen molar-refractivity contribution in [1.29, 1.82) is 0 Å². The fraction of sp³-hybridized carbons (Fsp3) is 0.0645. The zero-order valence-corrected chi connectivity index (χ0v) is 22.0. The first-order valence-electron chi connectivity index (χ1n) is 11.3. The summed E-state index contributed by atoms with van der Waals surface area (Å²) in [6.07, 6.45) is 3.96. The number of hydrogen-bond donors (Lipinski definition) is 0. The molecule has 0 saturated heterocycles. The second-order valence-electron chi connectivity index (χ2n) is 7.99. The average molecular weight is 638 g/mol. The maximum absolute atomic E-state index is 4.47. The van der Waals surface area contributed by atoms with Crippen molar-refractivity contribution in [1.82, 2.24) is 4.98 Å². The molecular formula is C31H25NPPt+. The smallest absolute Gasteiger partial charge is 0.295 e. The van der Waals surface area contributed by atoms with Crippen molar-refractivity contribution in [3.63, 3.8) is 0 Å². The molecule has 0 unspecified atom stereocenters. The minimum atomic E-state index is -0.852. The molecule has 1 heterocycles. The van der Waals surface area contributed by atoms with E-state index in [0.29, 0.717) is 0 Å². The molecule has 0 atom stereocenters.